The summed E-state index contributed by atoms with van der Waals surface area (Å²) in [5, 5.41) is 0.494. The van der Waals surface area contributed by atoms with Gasteiger partial charge in [0.1, 0.15) is 0 Å². The Labute approximate surface area is 120 Å². The van der Waals surface area contributed by atoms with E-state index in [2.05, 4.69) is 4.99 Å². The molecule has 0 saturated carbocycles. The van der Waals surface area contributed by atoms with Gasteiger partial charge in [0, 0.05) is 22.7 Å². The molecule has 0 unspecified atom stereocenters. The second-order valence-electron chi connectivity index (χ2n) is 4.13. The number of benzene rings is 2. The van der Waals surface area contributed by atoms with Gasteiger partial charge in [-0.1, -0.05) is 29.8 Å². The minimum atomic E-state index is -0.921. The SMILES string of the molecule is NCCN=C(c1ccc(F)c(F)c1)c1ccccc1Cl. The van der Waals surface area contributed by atoms with E-state index in [1.807, 2.05) is 0 Å². The van der Waals surface area contributed by atoms with Gasteiger partial charge in [0.2, 0.25) is 0 Å². The van der Waals surface area contributed by atoms with E-state index in [1.54, 1.807) is 24.3 Å². The predicted molar refractivity (Wildman–Crippen MR) is 77.4 cm³/mol. The van der Waals surface area contributed by atoms with Gasteiger partial charge in [0.05, 0.1) is 12.3 Å². The smallest absolute Gasteiger partial charge is 0.159 e. The fourth-order valence-electron chi connectivity index (χ4n) is 1.80. The van der Waals surface area contributed by atoms with E-state index in [0.717, 1.165) is 12.1 Å². The van der Waals surface area contributed by atoms with Crippen LogP contribution in [-0.4, -0.2) is 18.8 Å². The summed E-state index contributed by atoms with van der Waals surface area (Å²) in [6.45, 7) is 0.733. The Morgan fingerprint density at radius 3 is 2.50 bits per heavy atom. The molecule has 20 heavy (non-hydrogen) atoms. The van der Waals surface area contributed by atoms with Crippen molar-refractivity contribution in [2.24, 2.45) is 10.7 Å². The highest BCUT2D eigenvalue weighted by Gasteiger charge is 2.12. The van der Waals surface area contributed by atoms with Crippen LogP contribution in [0.4, 0.5) is 8.78 Å². The lowest BCUT2D eigenvalue weighted by Gasteiger charge is -2.09. The minimum absolute atomic E-state index is 0.359. The van der Waals surface area contributed by atoms with Gasteiger partial charge in [-0.3, -0.25) is 4.99 Å². The highest BCUT2D eigenvalue weighted by molar-refractivity contribution is 6.35. The van der Waals surface area contributed by atoms with Crippen molar-refractivity contribution < 1.29 is 8.78 Å². The van der Waals surface area contributed by atoms with Crippen LogP contribution < -0.4 is 5.73 Å². The predicted octanol–water partition coefficient (Wildman–Crippen LogP) is 3.41. The second kappa shape index (κ2) is 6.59. The summed E-state index contributed by atoms with van der Waals surface area (Å²) in [4.78, 5) is 4.33. The van der Waals surface area contributed by atoms with Crippen molar-refractivity contribution in [3.05, 3.63) is 70.2 Å². The summed E-state index contributed by atoms with van der Waals surface area (Å²) in [7, 11) is 0. The molecule has 0 fully saturated rings. The minimum Gasteiger partial charge on any atom is -0.329 e. The molecule has 0 aliphatic rings. The fourth-order valence-corrected chi connectivity index (χ4v) is 2.03. The van der Waals surface area contributed by atoms with Gasteiger partial charge in [-0.05, 0) is 24.3 Å². The molecule has 0 saturated heterocycles. The monoisotopic (exact) mass is 294 g/mol. The molecule has 0 aromatic heterocycles. The Morgan fingerprint density at radius 2 is 1.85 bits per heavy atom. The van der Waals surface area contributed by atoms with Crippen molar-refractivity contribution in [3.8, 4) is 0 Å². The standard InChI is InChI=1S/C15H13ClF2N2/c16-12-4-2-1-3-11(12)15(20-8-7-19)10-5-6-13(17)14(18)9-10/h1-6,9H,7-8,19H2. The Hall–Kier alpha value is -1.78. The van der Waals surface area contributed by atoms with Crippen LogP contribution in [0.25, 0.3) is 0 Å². The molecule has 0 heterocycles. The summed E-state index contributed by atoms with van der Waals surface area (Å²) in [6.07, 6.45) is 0. The molecule has 0 bridgehead atoms. The average Bonchev–Trinajstić information content (AvgIpc) is 2.44. The highest BCUT2D eigenvalue weighted by Crippen LogP contribution is 2.21. The van der Waals surface area contributed by atoms with Crippen molar-refractivity contribution in [1.82, 2.24) is 0 Å². The first-order valence-electron chi connectivity index (χ1n) is 6.08. The van der Waals surface area contributed by atoms with E-state index in [0.29, 0.717) is 35.0 Å². The molecule has 2 aromatic carbocycles. The molecular formula is C15H13ClF2N2. The summed E-state index contributed by atoms with van der Waals surface area (Å²) in [6, 6.07) is 10.7. The fraction of sp³-hybridized carbons (Fsp3) is 0.133. The normalized spacial score (nSPS) is 11.7. The quantitative estimate of drug-likeness (QED) is 0.862. The number of rotatable bonds is 4. The van der Waals surface area contributed by atoms with Crippen molar-refractivity contribution >= 4 is 17.3 Å². The molecule has 0 spiro atoms. The first-order valence-corrected chi connectivity index (χ1v) is 6.46. The van der Waals surface area contributed by atoms with Gasteiger partial charge in [-0.25, -0.2) is 8.78 Å². The molecule has 0 amide bonds. The molecule has 2 aromatic rings. The Bertz CT molecular complexity index is 642. The maximum atomic E-state index is 13.4. The summed E-state index contributed by atoms with van der Waals surface area (Å²) >= 11 is 6.14. The van der Waals surface area contributed by atoms with Crippen LogP contribution in [0.15, 0.2) is 47.5 Å². The number of aliphatic imine (C=N–C) groups is 1. The average molecular weight is 295 g/mol. The zero-order valence-electron chi connectivity index (χ0n) is 10.6. The van der Waals surface area contributed by atoms with Gasteiger partial charge >= 0.3 is 0 Å². The summed E-state index contributed by atoms with van der Waals surface area (Å²) in [5.41, 5.74) is 7.07. The van der Waals surface area contributed by atoms with Gasteiger partial charge in [0.25, 0.3) is 0 Å². The maximum absolute atomic E-state index is 13.4. The zero-order chi connectivity index (χ0) is 14.5. The molecular weight excluding hydrogens is 282 g/mol. The Kier molecular flexibility index (Phi) is 4.82. The molecule has 2 N–H and O–H groups in total. The third-order valence-corrected chi connectivity index (χ3v) is 3.05. The Morgan fingerprint density at radius 1 is 1.10 bits per heavy atom. The van der Waals surface area contributed by atoms with Gasteiger partial charge in [0.15, 0.2) is 11.6 Å². The van der Waals surface area contributed by atoms with Crippen LogP contribution in [-0.2, 0) is 0 Å². The molecule has 0 atom stereocenters. The van der Waals surface area contributed by atoms with Gasteiger partial charge in [-0.15, -0.1) is 0 Å². The topological polar surface area (TPSA) is 38.4 Å². The largest absolute Gasteiger partial charge is 0.329 e. The molecule has 2 nitrogen and oxygen atoms in total. The van der Waals surface area contributed by atoms with E-state index < -0.39 is 11.6 Å². The lowest BCUT2D eigenvalue weighted by molar-refractivity contribution is 0.508. The number of hydrogen-bond donors (Lipinski definition) is 1. The van der Waals surface area contributed by atoms with E-state index >= 15 is 0 Å². The van der Waals surface area contributed by atoms with Gasteiger partial charge < -0.3 is 5.73 Å². The van der Waals surface area contributed by atoms with Crippen molar-refractivity contribution in [1.29, 1.82) is 0 Å². The van der Waals surface area contributed by atoms with Crippen molar-refractivity contribution in [2.45, 2.75) is 0 Å². The third kappa shape index (κ3) is 3.21. The van der Waals surface area contributed by atoms with Crippen LogP contribution in [0, 0.1) is 11.6 Å². The van der Waals surface area contributed by atoms with Crippen LogP contribution in [0.2, 0.25) is 5.02 Å². The first kappa shape index (κ1) is 14.6. The highest BCUT2D eigenvalue weighted by atomic mass is 35.5. The number of halogens is 3. The van der Waals surface area contributed by atoms with Crippen LogP contribution in [0.1, 0.15) is 11.1 Å². The van der Waals surface area contributed by atoms with Crippen LogP contribution in [0.3, 0.4) is 0 Å². The number of nitrogens with zero attached hydrogens (tertiary/aromatic N) is 1. The van der Waals surface area contributed by atoms with Crippen molar-refractivity contribution in [2.75, 3.05) is 13.1 Å². The van der Waals surface area contributed by atoms with E-state index in [-0.39, 0.29) is 0 Å². The molecule has 0 aliphatic heterocycles. The second-order valence-corrected chi connectivity index (χ2v) is 4.53. The zero-order valence-corrected chi connectivity index (χ0v) is 11.4. The van der Waals surface area contributed by atoms with E-state index in [9.17, 15) is 8.78 Å². The molecule has 2 rings (SSSR count). The molecule has 5 heteroatoms. The lowest BCUT2D eigenvalue weighted by atomic mass is 10.0. The lowest BCUT2D eigenvalue weighted by Crippen LogP contribution is -2.10. The molecule has 0 aliphatic carbocycles. The summed E-state index contributed by atoms with van der Waals surface area (Å²) < 4.78 is 26.4. The van der Waals surface area contributed by atoms with Crippen LogP contribution in [0.5, 0.6) is 0 Å². The van der Waals surface area contributed by atoms with Crippen LogP contribution >= 0.6 is 11.6 Å². The first-order chi connectivity index (χ1) is 9.63. The molecule has 0 radical (unpaired) electrons. The van der Waals surface area contributed by atoms with E-state index in [4.69, 9.17) is 17.3 Å². The third-order valence-electron chi connectivity index (χ3n) is 2.72. The number of hydrogen-bond acceptors (Lipinski definition) is 2. The number of nitrogens with two attached hydrogens (primary N) is 1. The maximum Gasteiger partial charge on any atom is 0.159 e. The van der Waals surface area contributed by atoms with Crippen molar-refractivity contribution in [3.63, 3.8) is 0 Å². The van der Waals surface area contributed by atoms with Gasteiger partial charge in [-0.2, -0.15) is 0 Å². The Balaban J connectivity index is 2.53. The summed E-state index contributed by atoms with van der Waals surface area (Å²) in [5.74, 6) is -1.82. The molecule has 104 valence electrons. The van der Waals surface area contributed by atoms with E-state index in [1.165, 1.54) is 6.07 Å².